The molecular formula is C31H23F2N3O3. The first-order valence-corrected chi connectivity index (χ1v) is 12.5. The van der Waals surface area contributed by atoms with E-state index in [1.807, 2.05) is 12.1 Å². The molecule has 194 valence electrons. The van der Waals surface area contributed by atoms with Crippen molar-refractivity contribution in [3.8, 4) is 11.1 Å². The molecule has 8 heteroatoms. The molecule has 39 heavy (non-hydrogen) atoms. The van der Waals surface area contributed by atoms with E-state index < -0.39 is 23.2 Å². The van der Waals surface area contributed by atoms with Crippen LogP contribution in [0.4, 0.5) is 8.78 Å². The van der Waals surface area contributed by atoms with Crippen LogP contribution < -0.4 is 11.1 Å². The van der Waals surface area contributed by atoms with Crippen molar-refractivity contribution in [1.82, 2.24) is 10.3 Å². The number of aromatic nitrogens is 1. The summed E-state index contributed by atoms with van der Waals surface area (Å²) in [6.45, 7) is 0. The van der Waals surface area contributed by atoms with Crippen LogP contribution in [-0.4, -0.2) is 16.8 Å². The molecule has 0 spiro atoms. The zero-order valence-corrected chi connectivity index (χ0v) is 20.7. The van der Waals surface area contributed by atoms with E-state index in [9.17, 15) is 14.0 Å². The number of rotatable bonds is 7. The number of primary amides is 1. The van der Waals surface area contributed by atoms with Crippen molar-refractivity contribution >= 4 is 22.8 Å². The summed E-state index contributed by atoms with van der Waals surface area (Å²) in [4.78, 5) is 29.9. The highest BCUT2D eigenvalue weighted by Crippen LogP contribution is 2.44. The summed E-state index contributed by atoms with van der Waals surface area (Å²) in [6.07, 6.45) is 3.35. The van der Waals surface area contributed by atoms with Crippen LogP contribution in [0.15, 0.2) is 89.5 Å². The number of nitrogens with one attached hydrogen (secondary N) is 1. The average molecular weight is 524 g/mol. The van der Waals surface area contributed by atoms with Gasteiger partial charge in [0.2, 0.25) is 0 Å². The highest BCUT2D eigenvalue weighted by atomic mass is 19.1. The molecule has 3 N–H and O–H groups in total. The van der Waals surface area contributed by atoms with E-state index >= 15 is 4.39 Å². The van der Waals surface area contributed by atoms with Crippen LogP contribution in [0.5, 0.6) is 0 Å². The van der Waals surface area contributed by atoms with Gasteiger partial charge in [0.05, 0.1) is 22.4 Å². The fourth-order valence-electron chi connectivity index (χ4n) is 4.93. The molecule has 5 aromatic rings. The Labute approximate surface area is 222 Å². The van der Waals surface area contributed by atoms with Gasteiger partial charge >= 0.3 is 0 Å². The van der Waals surface area contributed by atoms with E-state index in [-0.39, 0.29) is 28.9 Å². The third kappa shape index (κ3) is 4.54. The molecule has 2 amide bonds. The van der Waals surface area contributed by atoms with Crippen molar-refractivity contribution < 1.29 is 22.8 Å². The van der Waals surface area contributed by atoms with Gasteiger partial charge < -0.3 is 15.5 Å². The topological polar surface area (TPSA) is 98.2 Å². The van der Waals surface area contributed by atoms with Crippen molar-refractivity contribution in [2.24, 2.45) is 5.73 Å². The zero-order chi connectivity index (χ0) is 27.1. The summed E-state index contributed by atoms with van der Waals surface area (Å²) in [5.74, 6) is -1.94. The summed E-state index contributed by atoms with van der Waals surface area (Å²) in [5.41, 5.74) is 7.75. The Bertz CT molecular complexity index is 1730. The van der Waals surface area contributed by atoms with E-state index in [2.05, 4.69) is 10.3 Å². The monoisotopic (exact) mass is 523 g/mol. The van der Waals surface area contributed by atoms with Crippen LogP contribution in [0.25, 0.3) is 22.1 Å². The molecule has 1 saturated carbocycles. The Kier molecular flexibility index (Phi) is 5.95. The summed E-state index contributed by atoms with van der Waals surface area (Å²) >= 11 is 0. The maximum Gasteiger partial charge on any atom is 0.255 e. The number of nitrogens with zero attached hydrogens (tertiary/aromatic N) is 1. The first kappa shape index (κ1) is 24.5. The van der Waals surface area contributed by atoms with E-state index in [1.165, 1.54) is 18.2 Å². The number of nitrogens with two attached hydrogens (primary N) is 1. The van der Waals surface area contributed by atoms with Gasteiger partial charge in [-0.2, -0.15) is 0 Å². The maximum atomic E-state index is 15.8. The second-order valence-electron chi connectivity index (χ2n) is 9.70. The summed E-state index contributed by atoms with van der Waals surface area (Å²) in [7, 11) is 0. The van der Waals surface area contributed by atoms with Crippen molar-refractivity contribution in [3.05, 3.63) is 125 Å². The lowest BCUT2D eigenvalue weighted by Gasteiger charge is -2.17. The summed E-state index contributed by atoms with van der Waals surface area (Å²) in [6, 6.07) is 20.9. The van der Waals surface area contributed by atoms with Gasteiger partial charge in [-0.1, -0.05) is 36.4 Å². The Hall–Kier alpha value is -4.85. The van der Waals surface area contributed by atoms with Crippen molar-refractivity contribution in [3.63, 3.8) is 0 Å². The van der Waals surface area contributed by atoms with Gasteiger partial charge in [0.1, 0.15) is 23.0 Å². The Balaban J connectivity index is 1.34. The molecule has 0 radical (unpaired) electrons. The molecule has 0 atom stereocenters. The molecule has 6 nitrogen and oxygen atoms in total. The number of furan rings is 1. The second-order valence-corrected chi connectivity index (χ2v) is 9.70. The number of carbonyl (C=O) groups excluding carboxylic acids is 2. The highest BCUT2D eigenvalue weighted by Gasteiger charge is 2.47. The third-order valence-electron chi connectivity index (χ3n) is 7.10. The lowest BCUT2D eigenvalue weighted by Crippen LogP contribution is -2.36. The number of fused-ring (bicyclic) bond motifs is 1. The SMILES string of the molecule is NC(=O)c1c(Cc2ccc(F)cc2)oc2ccc(-c3cccc(C(=O)NC4(c5ccccn5)CC4)c3F)cc12. The van der Waals surface area contributed by atoms with Gasteiger partial charge in [-0.15, -0.1) is 0 Å². The average Bonchev–Trinajstić information content (AvgIpc) is 3.62. The Morgan fingerprint density at radius 3 is 2.46 bits per heavy atom. The largest absolute Gasteiger partial charge is 0.460 e. The van der Waals surface area contributed by atoms with Gasteiger partial charge in [0.25, 0.3) is 11.8 Å². The minimum absolute atomic E-state index is 0.0888. The minimum Gasteiger partial charge on any atom is -0.460 e. The van der Waals surface area contributed by atoms with Crippen molar-refractivity contribution in [2.45, 2.75) is 24.8 Å². The number of hydrogen-bond donors (Lipinski definition) is 2. The highest BCUT2D eigenvalue weighted by molar-refractivity contribution is 6.07. The van der Waals surface area contributed by atoms with Gasteiger partial charge in [-0.05, 0) is 66.4 Å². The van der Waals surface area contributed by atoms with E-state index in [0.717, 1.165) is 24.1 Å². The van der Waals surface area contributed by atoms with E-state index in [1.54, 1.807) is 54.7 Å². The normalized spacial score (nSPS) is 13.8. The molecule has 2 heterocycles. The Morgan fingerprint density at radius 1 is 0.974 bits per heavy atom. The molecule has 3 aromatic carbocycles. The Morgan fingerprint density at radius 2 is 1.77 bits per heavy atom. The molecule has 0 aliphatic heterocycles. The predicted molar refractivity (Wildman–Crippen MR) is 142 cm³/mol. The second kappa shape index (κ2) is 9.47. The quantitative estimate of drug-likeness (QED) is 0.278. The number of pyridine rings is 1. The number of carbonyl (C=O) groups is 2. The fraction of sp³-hybridized carbons (Fsp3) is 0.129. The number of halogens is 2. The van der Waals surface area contributed by atoms with E-state index in [0.29, 0.717) is 22.3 Å². The lowest BCUT2D eigenvalue weighted by atomic mass is 9.98. The summed E-state index contributed by atoms with van der Waals surface area (Å²) in [5, 5.41) is 3.39. The molecule has 1 aliphatic carbocycles. The van der Waals surface area contributed by atoms with Crippen LogP contribution in [0.1, 0.15) is 50.6 Å². The van der Waals surface area contributed by atoms with Gasteiger partial charge in [-0.3, -0.25) is 14.6 Å². The minimum atomic E-state index is -0.694. The molecule has 2 aromatic heterocycles. The first-order valence-electron chi connectivity index (χ1n) is 12.5. The predicted octanol–water partition coefficient (Wildman–Crippen LogP) is 5.88. The van der Waals surface area contributed by atoms with Gasteiger partial charge in [0, 0.05) is 23.6 Å². The molecule has 1 aliphatic rings. The number of hydrogen-bond acceptors (Lipinski definition) is 4. The summed E-state index contributed by atoms with van der Waals surface area (Å²) < 4.78 is 35.0. The van der Waals surface area contributed by atoms with E-state index in [4.69, 9.17) is 10.2 Å². The molecule has 1 fully saturated rings. The molecule has 0 saturated heterocycles. The lowest BCUT2D eigenvalue weighted by molar-refractivity contribution is 0.0924. The van der Waals surface area contributed by atoms with Crippen LogP contribution in [0.3, 0.4) is 0 Å². The third-order valence-corrected chi connectivity index (χ3v) is 7.10. The van der Waals surface area contributed by atoms with Crippen molar-refractivity contribution in [2.75, 3.05) is 0 Å². The van der Waals surface area contributed by atoms with Crippen LogP contribution >= 0.6 is 0 Å². The van der Waals surface area contributed by atoms with Gasteiger partial charge in [-0.25, -0.2) is 8.78 Å². The number of benzene rings is 3. The molecule has 6 rings (SSSR count). The van der Waals surface area contributed by atoms with Crippen LogP contribution in [0.2, 0.25) is 0 Å². The zero-order valence-electron chi connectivity index (χ0n) is 20.7. The first-order chi connectivity index (χ1) is 18.8. The van der Waals surface area contributed by atoms with Gasteiger partial charge in [0.15, 0.2) is 0 Å². The fourth-order valence-corrected chi connectivity index (χ4v) is 4.93. The smallest absolute Gasteiger partial charge is 0.255 e. The maximum absolute atomic E-state index is 15.8. The standard InChI is InChI=1S/C31H23F2N3O3/c32-20-10-7-18(8-11-20)16-25-27(29(34)37)23-17-19(9-12-24(23)39-25)21-4-3-5-22(28(21)33)30(38)36-31(13-14-31)26-6-1-2-15-35-26/h1-12,15,17H,13-14,16H2,(H2,34,37)(H,36,38). The number of amides is 2. The molecule has 0 bridgehead atoms. The molecule has 0 unspecified atom stereocenters. The molecular weight excluding hydrogens is 500 g/mol. The van der Waals surface area contributed by atoms with Crippen molar-refractivity contribution in [1.29, 1.82) is 0 Å². The van der Waals surface area contributed by atoms with Crippen LogP contribution in [-0.2, 0) is 12.0 Å². The van der Waals surface area contributed by atoms with Crippen LogP contribution in [0, 0.1) is 11.6 Å².